The molecule has 1 aliphatic carbocycles. The molecule has 19 heavy (non-hydrogen) atoms. The summed E-state index contributed by atoms with van der Waals surface area (Å²) in [6, 6.07) is 9.25. The first kappa shape index (κ1) is 12.9. The number of nitrogens with one attached hydrogen (secondary N) is 1. The molecule has 1 aromatic carbocycles. The highest BCUT2D eigenvalue weighted by molar-refractivity contribution is 7.80. The molecule has 1 aromatic rings. The van der Waals surface area contributed by atoms with E-state index in [9.17, 15) is 0 Å². The summed E-state index contributed by atoms with van der Waals surface area (Å²) in [7, 11) is 0. The Hall–Kier alpha value is -1.09. The molecule has 0 unspecified atom stereocenters. The van der Waals surface area contributed by atoms with Crippen LogP contribution in [-0.2, 0) is 6.42 Å². The van der Waals surface area contributed by atoms with E-state index in [0.717, 1.165) is 11.7 Å². The van der Waals surface area contributed by atoms with Crippen molar-refractivity contribution >= 4 is 23.0 Å². The van der Waals surface area contributed by atoms with E-state index in [1.807, 2.05) is 0 Å². The number of thiocarbonyl (C=S) groups is 1. The minimum Gasteiger partial charge on any atom is -0.360 e. The number of aryl methyl sites for hydroxylation is 1. The Morgan fingerprint density at radius 1 is 1.11 bits per heavy atom. The fourth-order valence-electron chi connectivity index (χ4n) is 3.24. The molecule has 0 spiro atoms. The molecule has 102 valence electrons. The van der Waals surface area contributed by atoms with E-state index >= 15 is 0 Å². The lowest BCUT2D eigenvalue weighted by Crippen LogP contribution is -2.47. The first-order chi connectivity index (χ1) is 9.34. The van der Waals surface area contributed by atoms with Crippen LogP contribution >= 0.6 is 12.2 Å². The van der Waals surface area contributed by atoms with E-state index in [1.165, 1.54) is 56.2 Å². The number of hydrogen-bond acceptors (Lipinski definition) is 1. The zero-order chi connectivity index (χ0) is 13.1. The van der Waals surface area contributed by atoms with Crippen molar-refractivity contribution in [2.75, 3.05) is 11.4 Å². The molecule has 2 nitrogen and oxygen atoms in total. The molecule has 0 radical (unpaired) electrons. The summed E-state index contributed by atoms with van der Waals surface area (Å²) in [5, 5.41) is 4.52. The fraction of sp³-hybridized carbons (Fsp3) is 0.562. The van der Waals surface area contributed by atoms with Gasteiger partial charge in [-0.15, -0.1) is 0 Å². The topological polar surface area (TPSA) is 15.3 Å². The molecule has 1 fully saturated rings. The van der Waals surface area contributed by atoms with Gasteiger partial charge in [-0.1, -0.05) is 37.5 Å². The van der Waals surface area contributed by atoms with Crippen LogP contribution in [0.5, 0.6) is 0 Å². The Balaban J connectivity index is 1.70. The summed E-state index contributed by atoms with van der Waals surface area (Å²) in [5.41, 5.74) is 2.74. The summed E-state index contributed by atoms with van der Waals surface area (Å²) >= 11 is 5.65. The minimum absolute atomic E-state index is 0.593. The van der Waals surface area contributed by atoms with Crippen molar-refractivity contribution in [2.45, 2.75) is 51.0 Å². The molecule has 2 aliphatic rings. The Bertz CT molecular complexity index is 452. The second kappa shape index (κ2) is 5.91. The molecular formula is C16H22N2S. The van der Waals surface area contributed by atoms with Gasteiger partial charge < -0.3 is 10.2 Å². The maximum absolute atomic E-state index is 5.65. The molecule has 0 atom stereocenters. The number of benzene rings is 1. The van der Waals surface area contributed by atoms with Crippen LogP contribution in [0.4, 0.5) is 5.69 Å². The molecule has 0 amide bonds. The largest absolute Gasteiger partial charge is 0.360 e. The van der Waals surface area contributed by atoms with E-state index in [-0.39, 0.29) is 0 Å². The van der Waals surface area contributed by atoms with Gasteiger partial charge in [0.2, 0.25) is 0 Å². The lowest BCUT2D eigenvalue weighted by molar-refractivity contribution is 0.413. The van der Waals surface area contributed by atoms with Gasteiger partial charge in [-0.05, 0) is 49.5 Å². The lowest BCUT2D eigenvalue weighted by Gasteiger charge is -2.34. The number of hydrogen-bond donors (Lipinski definition) is 1. The van der Waals surface area contributed by atoms with Gasteiger partial charge in [-0.3, -0.25) is 0 Å². The van der Waals surface area contributed by atoms with Crippen LogP contribution in [0.1, 0.15) is 44.1 Å². The number of para-hydroxylation sites is 1. The third-order valence-electron chi connectivity index (χ3n) is 4.29. The molecule has 1 saturated carbocycles. The van der Waals surface area contributed by atoms with Crippen LogP contribution in [-0.4, -0.2) is 17.7 Å². The highest BCUT2D eigenvalue weighted by Crippen LogP contribution is 2.27. The second-order valence-electron chi connectivity index (χ2n) is 5.67. The highest BCUT2D eigenvalue weighted by atomic mass is 32.1. The summed E-state index contributed by atoms with van der Waals surface area (Å²) in [5.74, 6) is 0. The number of anilines is 1. The normalized spacial score (nSPS) is 19.9. The van der Waals surface area contributed by atoms with Crippen LogP contribution in [0, 0.1) is 0 Å². The lowest BCUT2D eigenvalue weighted by atomic mass is 9.95. The van der Waals surface area contributed by atoms with E-state index in [4.69, 9.17) is 12.2 Å². The van der Waals surface area contributed by atoms with Crippen LogP contribution in [0.2, 0.25) is 0 Å². The fourth-order valence-corrected chi connectivity index (χ4v) is 3.60. The van der Waals surface area contributed by atoms with Crippen LogP contribution in [0.15, 0.2) is 24.3 Å². The van der Waals surface area contributed by atoms with Gasteiger partial charge in [0.15, 0.2) is 5.11 Å². The smallest absolute Gasteiger partial charge is 0.173 e. The van der Waals surface area contributed by atoms with Crippen LogP contribution in [0.3, 0.4) is 0 Å². The number of fused-ring (bicyclic) bond motifs is 1. The highest BCUT2D eigenvalue weighted by Gasteiger charge is 2.22. The average Bonchev–Trinajstić information content (AvgIpc) is 2.47. The van der Waals surface area contributed by atoms with Crippen molar-refractivity contribution in [3.05, 3.63) is 29.8 Å². The Morgan fingerprint density at radius 3 is 2.74 bits per heavy atom. The van der Waals surface area contributed by atoms with Crippen molar-refractivity contribution in [1.29, 1.82) is 0 Å². The van der Waals surface area contributed by atoms with Crippen LogP contribution < -0.4 is 10.2 Å². The average molecular weight is 274 g/mol. The van der Waals surface area contributed by atoms with Gasteiger partial charge in [-0.25, -0.2) is 0 Å². The zero-order valence-electron chi connectivity index (χ0n) is 11.4. The van der Waals surface area contributed by atoms with Gasteiger partial charge in [0.25, 0.3) is 0 Å². The second-order valence-corrected chi connectivity index (χ2v) is 6.06. The Labute approximate surface area is 121 Å². The quantitative estimate of drug-likeness (QED) is 0.787. The third kappa shape index (κ3) is 2.92. The summed E-state index contributed by atoms with van der Waals surface area (Å²) < 4.78 is 0. The maximum Gasteiger partial charge on any atom is 0.173 e. The van der Waals surface area contributed by atoms with Gasteiger partial charge in [0.1, 0.15) is 0 Å². The van der Waals surface area contributed by atoms with Gasteiger partial charge in [-0.2, -0.15) is 0 Å². The molecular weight excluding hydrogens is 252 g/mol. The van der Waals surface area contributed by atoms with Gasteiger partial charge >= 0.3 is 0 Å². The SMILES string of the molecule is S=C(NC1CCCCC1)N1CCCc2ccccc21. The molecule has 1 N–H and O–H groups in total. The van der Waals surface area contributed by atoms with Crippen molar-refractivity contribution in [1.82, 2.24) is 5.32 Å². The number of nitrogens with zero attached hydrogens (tertiary/aromatic N) is 1. The Morgan fingerprint density at radius 2 is 1.89 bits per heavy atom. The molecule has 0 aromatic heterocycles. The third-order valence-corrected chi connectivity index (χ3v) is 4.63. The predicted molar refractivity (Wildman–Crippen MR) is 84.7 cm³/mol. The van der Waals surface area contributed by atoms with Crippen molar-refractivity contribution in [2.24, 2.45) is 0 Å². The standard InChI is InChI=1S/C16H22N2S/c19-16(17-14-9-2-1-3-10-14)18-12-6-8-13-7-4-5-11-15(13)18/h4-5,7,11,14H,1-3,6,8-10,12H2,(H,17,19). The van der Waals surface area contributed by atoms with Crippen LogP contribution in [0.25, 0.3) is 0 Å². The predicted octanol–water partition coefficient (Wildman–Crippen LogP) is 3.65. The molecule has 1 heterocycles. The Kier molecular flexibility index (Phi) is 4.02. The van der Waals surface area contributed by atoms with Crippen molar-refractivity contribution < 1.29 is 0 Å². The summed E-state index contributed by atoms with van der Waals surface area (Å²) in [6.45, 7) is 1.05. The number of rotatable bonds is 1. The molecule has 1 aliphatic heterocycles. The van der Waals surface area contributed by atoms with Gasteiger partial charge in [0.05, 0.1) is 0 Å². The van der Waals surface area contributed by atoms with E-state index in [1.54, 1.807) is 0 Å². The first-order valence-corrected chi connectivity index (χ1v) is 7.91. The minimum atomic E-state index is 0.593. The maximum atomic E-state index is 5.65. The van der Waals surface area contributed by atoms with E-state index in [2.05, 4.69) is 34.5 Å². The monoisotopic (exact) mass is 274 g/mol. The summed E-state index contributed by atoms with van der Waals surface area (Å²) in [4.78, 5) is 2.29. The molecule has 3 rings (SSSR count). The van der Waals surface area contributed by atoms with Crippen molar-refractivity contribution in [3.63, 3.8) is 0 Å². The molecule has 0 bridgehead atoms. The van der Waals surface area contributed by atoms with E-state index < -0.39 is 0 Å². The first-order valence-electron chi connectivity index (χ1n) is 7.50. The van der Waals surface area contributed by atoms with Gasteiger partial charge in [0, 0.05) is 18.3 Å². The zero-order valence-corrected chi connectivity index (χ0v) is 12.2. The molecule has 3 heteroatoms. The van der Waals surface area contributed by atoms with Crippen molar-refractivity contribution in [3.8, 4) is 0 Å². The van der Waals surface area contributed by atoms with E-state index in [0.29, 0.717) is 6.04 Å². The summed E-state index contributed by atoms with van der Waals surface area (Å²) in [6.07, 6.45) is 9.00. The molecule has 0 saturated heterocycles.